The van der Waals surface area contributed by atoms with E-state index in [9.17, 15) is 14.7 Å². The lowest BCUT2D eigenvalue weighted by molar-refractivity contribution is 0.0514. The third-order valence-electron chi connectivity index (χ3n) is 2.56. The Hall–Kier alpha value is -1.11. The third-order valence-corrected chi connectivity index (χ3v) is 3.79. The molecule has 0 heterocycles. The van der Waals surface area contributed by atoms with Crippen molar-refractivity contribution in [2.45, 2.75) is 27.2 Å². The number of carboxylic acids is 1. The van der Waals surface area contributed by atoms with Gasteiger partial charge in [0.15, 0.2) is 0 Å². The predicted octanol–water partition coefficient (Wildman–Crippen LogP) is 3.36. The van der Waals surface area contributed by atoms with Crippen LogP contribution in [0.3, 0.4) is 0 Å². The summed E-state index contributed by atoms with van der Waals surface area (Å²) < 4.78 is 5.50. The number of hydrogen-bond donors (Lipinski definition) is 1. The maximum Gasteiger partial charge on any atom is 0.339 e. The van der Waals surface area contributed by atoms with Crippen LogP contribution in [-0.2, 0) is 11.2 Å². The van der Waals surface area contributed by atoms with Gasteiger partial charge < -0.3 is 9.84 Å². The normalized spacial score (nSPS) is 10.6. The summed E-state index contributed by atoms with van der Waals surface area (Å²) in [7, 11) is 0. The van der Waals surface area contributed by atoms with E-state index in [-0.39, 0.29) is 17.7 Å². The molecule has 0 aliphatic carbocycles. The maximum absolute atomic E-state index is 11.8. The lowest BCUT2D eigenvalue weighted by atomic mass is 9.98. The van der Waals surface area contributed by atoms with E-state index in [1.165, 1.54) is 0 Å². The Morgan fingerprint density at radius 1 is 1.37 bits per heavy atom. The molecule has 1 rings (SSSR count). The first-order chi connectivity index (χ1) is 8.88. The van der Waals surface area contributed by atoms with Crippen LogP contribution in [0.2, 0.25) is 0 Å². The Morgan fingerprint density at radius 2 is 2.00 bits per heavy atom. The molecule has 4 nitrogen and oxygen atoms in total. The van der Waals surface area contributed by atoms with Crippen molar-refractivity contribution >= 4 is 34.5 Å². The number of carboxylic acid groups (broad SMARTS) is 1. The smallest absolute Gasteiger partial charge is 0.339 e. The molecule has 104 valence electrons. The van der Waals surface area contributed by atoms with Gasteiger partial charge in [0, 0.05) is 3.57 Å². The number of esters is 1. The summed E-state index contributed by atoms with van der Waals surface area (Å²) >= 11 is 1.99. The third kappa shape index (κ3) is 3.92. The van der Waals surface area contributed by atoms with E-state index in [0.29, 0.717) is 9.49 Å². The van der Waals surface area contributed by atoms with Gasteiger partial charge in [-0.1, -0.05) is 19.9 Å². The number of benzene rings is 1. The van der Waals surface area contributed by atoms with Crippen molar-refractivity contribution in [1.82, 2.24) is 0 Å². The second-order valence-corrected chi connectivity index (χ2v) is 5.66. The Balaban J connectivity index is 3.31. The average Bonchev–Trinajstić information content (AvgIpc) is 2.30. The first kappa shape index (κ1) is 15.9. The molecule has 0 amide bonds. The van der Waals surface area contributed by atoms with Crippen molar-refractivity contribution in [3.63, 3.8) is 0 Å². The molecule has 0 aliphatic heterocycles. The van der Waals surface area contributed by atoms with Crippen LogP contribution in [0.15, 0.2) is 12.1 Å². The van der Waals surface area contributed by atoms with Gasteiger partial charge in [0.25, 0.3) is 0 Å². The Labute approximate surface area is 126 Å². The van der Waals surface area contributed by atoms with Gasteiger partial charge in [-0.05, 0) is 53.5 Å². The predicted molar refractivity (Wildman–Crippen MR) is 80.6 cm³/mol. The highest BCUT2D eigenvalue weighted by Crippen LogP contribution is 2.24. The number of ether oxygens (including phenoxy) is 1. The molecule has 1 aromatic carbocycles. The summed E-state index contributed by atoms with van der Waals surface area (Å²) in [5, 5.41) is 9.31. The molecular formula is C14H17IO4. The number of hydrogen-bond acceptors (Lipinski definition) is 3. The summed E-state index contributed by atoms with van der Waals surface area (Å²) in [6.45, 7) is 6.05. The van der Waals surface area contributed by atoms with Crippen LogP contribution in [0.4, 0.5) is 0 Å². The molecule has 0 aromatic heterocycles. The molecule has 0 radical (unpaired) electrons. The van der Waals surface area contributed by atoms with Crippen molar-refractivity contribution in [3.05, 3.63) is 32.4 Å². The van der Waals surface area contributed by atoms with Crippen LogP contribution < -0.4 is 0 Å². The molecule has 0 saturated heterocycles. The zero-order valence-electron chi connectivity index (χ0n) is 11.2. The minimum absolute atomic E-state index is 0.0391. The SMILES string of the molecule is CCOC(=O)c1ccc(CC(C)C)c(I)c1C(=O)O. The van der Waals surface area contributed by atoms with E-state index in [0.717, 1.165) is 12.0 Å². The van der Waals surface area contributed by atoms with Crippen molar-refractivity contribution in [1.29, 1.82) is 0 Å². The zero-order chi connectivity index (χ0) is 14.6. The van der Waals surface area contributed by atoms with Crippen molar-refractivity contribution < 1.29 is 19.4 Å². The minimum atomic E-state index is -1.10. The van der Waals surface area contributed by atoms with Crippen LogP contribution in [0, 0.1) is 9.49 Å². The highest BCUT2D eigenvalue weighted by molar-refractivity contribution is 14.1. The fraction of sp³-hybridized carbons (Fsp3) is 0.429. The van der Waals surface area contributed by atoms with E-state index in [1.807, 2.05) is 22.6 Å². The lowest BCUT2D eigenvalue weighted by Crippen LogP contribution is -2.15. The van der Waals surface area contributed by atoms with E-state index in [2.05, 4.69) is 13.8 Å². The molecular weight excluding hydrogens is 359 g/mol. The van der Waals surface area contributed by atoms with Crippen LogP contribution in [0.1, 0.15) is 47.1 Å². The van der Waals surface area contributed by atoms with E-state index in [1.54, 1.807) is 19.1 Å². The number of rotatable bonds is 5. The highest BCUT2D eigenvalue weighted by atomic mass is 127. The van der Waals surface area contributed by atoms with Gasteiger partial charge in [-0.15, -0.1) is 0 Å². The quantitative estimate of drug-likeness (QED) is 0.632. The first-order valence-electron chi connectivity index (χ1n) is 6.10. The highest BCUT2D eigenvalue weighted by Gasteiger charge is 2.22. The van der Waals surface area contributed by atoms with Crippen LogP contribution in [-0.4, -0.2) is 23.7 Å². The molecule has 19 heavy (non-hydrogen) atoms. The zero-order valence-corrected chi connectivity index (χ0v) is 13.4. The second kappa shape index (κ2) is 6.88. The van der Waals surface area contributed by atoms with E-state index >= 15 is 0 Å². The van der Waals surface area contributed by atoms with Gasteiger partial charge >= 0.3 is 11.9 Å². The second-order valence-electron chi connectivity index (χ2n) is 4.58. The summed E-state index contributed by atoms with van der Waals surface area (Å²) in [6, 6.07) is 3.35. The summed E-state index contributed by atoms with van der Waals surface area (Å²) in [5.41, 5.74) is 1.10. The summed E-state index contributed by atoms with van der Waals surface area (Å²) in [4.78, 5) is 23.1. The molecule has 0 spiro atoms. The summed E-state index contributed by atoms with van der Waals surface area (Å²) in [6.07, 6.45) is 0.779. The molecule has 0 fully saturated rings. The van der Waals surface area contributed by atoms with Crippen molar-refractivity contribution in [2.24, 2.45) is 5.92 Å². The largest absolute Gasteiger partial charge is 0.478 e. The minimum Gasteiger partial charge on any atom is -0.478 e. The number of aromatic carboxylic acids is 1. The van der Waals surface area contributed by atoms with Crippen molar-refractivity contribution in [3.8, 4) is 0 Å². The van der Waals surface area contributed by atoms with Gasteiger partial charge in [0.1, 0.15) is 0 Å². The van der Waals surface area contributed by atoms with Gasteiger partial charge in [0.2, 0.25) is 0 Å². The number of halogens is 1. The number of carbonyl (C=O) groups is 2. The Kier molecular flexibility index (Phi) is 5.78. The fourth-order valence-corrected chi connectivity index (χ4v) is 2.73. The maximum atomic E-state index is 11.8. The van der Waals surface area contributed by atoms with Crippen LogP contribution in [0.25, 0.3) is 0 Å². The van der Waals surface area contributed by atoms with Crippen LogP contribution >= 0.6 is 22.6 Å². The average molecular weight is 376 g/mol. The lowest BCUT2D eigenvalue weighted by Gasteiger charge is -2.13. The van der Waals surface area contributed by atoms with Gasteiger partial charge in [-0.3, -0.25) is 0 Å². The molecule has 0 unspecified atom stereocenters. The fourth-order valence-electron chi connectivity index (χ4n) is 1.80. The topological polar surface area (TPSA) is 63.6 Å². The molecule has 5 heteroatoms. The van der Waals surface area contributed by atoms with Crippen LogP contribution in [0.5, 0.6) is 0 Å². The molecule has 1 N–H and O–H groups in total. The molecule has 0 atom stereocenters. The van der Waals surface area contributed by atoms with Gasteiger partial charge in [-0.25, -0.2) is 9.59 Å². The van der Waals surface area contributed by atoms with E-state index < -0.39 is 11.9 Å². The number of carbonyl (C=O) groups excluding carboxylic acids is 1. The monoisotopic (exact) mass is 376 g/mol. The molecule has 0 bridgehead atoms. The van der Waals surface area contributed by atoms with E-state index in [4.69, 9.17) is 4.74 Å². The Bertz CT molecular complexity index is 494. The van der Waals surface area contributed by atoms with Gasteiger partial charge in [0.05, 0.1) is 17.7 Å². The van der Waals surface area contributed by atoms with Gasteiger partial charge in [-0.2, -0.15) is 0 Å². The molecule has 0 aliphatic rings. The summed E-state index contributed by atoms with van der Waals surface area (Å²) in [5.74, 6) is -1.27. The van der Waals surface area contributed by atoms with Crippen molar-refractivity contribution in [2.75, 3.05) is 6.61 Å². The standard InChI is InChI=1S/C14H17IO4/c1-4-19-14(18)10-6-5-9(7-8(2)3)12(15)11(10)13(16)17/h5-6,8H,4,7H2,1-3H3,(H,16,17). The molecule has 1 aromatic rings. The molecule has 0 saturated carbocycles. The first-order valence-corrected chi connectivity index (χ1v) is 7.18. The Morgan fingerprint density at radius 3 is 2.47 bits per heavy atom.